The minimum absolute atomic E-state index is 0.541. The molecule has 4 aliphatic rings. The molecule has 1 aliphatic carbocycles. The smallest absolute Gasteiger partial charge is 0.213 e. The summed E-state index contributed by atoms with van der Waals surface area (Å²) >= 11 is 0. The maximum absolute atomic E-state index is 5.75. The zero-order chi connectivity index (χ0) is 16.2. The second-order valence-corrected chi connectivity index (χ2v) is 6.76. The fourth-order valence-corrected chi connectivity index (χ4v) is 3.60. The molecule has 5 heterocycles. The van der Waals surface area contributed by atoms with Gasteiger partial charge in [0.25, 0.3) is 0 Å². The largest absolute Gasteiger partial charge is 0.478 e. The highest BCUT2D eigenvalue weighted by atomic mass is 16.5. The van der Waals surface area contributed by atoms with Crippen LogP contribution >= 0.6 is 0 Å². The van der Waals surface area contributed by atoms with Crippen LogP contribution in [-0.4, -0.2) is 23.2 Å². The molecule has 2 atom stereocenters. The Kier molecular flexibility index (Phi) is 4.63. The van der Waals surface area contributed by atoms with E-state index in [4.69, 9.17) is 9.47 Å². The molecule has 0 spiro atoms. The number of hydrogen-bond donors (Lipinski definition) is 0. The lowest BCUT2D eigenvalue weighted by Crippen LogP contribution is -2.22. The van der Waals surface area contributed by atoms with E-state index in [0.29, 0.717) is 11.8 Å². The summed E-state index contributed by atoms with van der Waals surface area (Å²) in [5.74, 6) is 2.56. The van der Waals surface area contributed by atoms with Crippen molar-refractivity contribution in [3.8, 4) is 11.8 Å². The van der Waals surface area contributed by atoms with Gasteiger partial charge in [-0.25, -0.2) is 9.97 Å². The summed E-state index contributed by atoms with van der Waals surface area (Å²) in [6, 6.07) is 8.38. The molecule has 4 bridgehead atoms. The van der Waals surface area contributed by atoms with Crippen LogP contribution in [0.4, 0.5) is 0 Å². The molecule has 6 rings (SSSR count). The highest BCUT2D eigenvalue weighted by Crippen LogP contribution is 2.48. The fourth-order valence-electron chi connectivity index (χ4n) is 3.60. The Balaban J connectivity index is 1.55. The Morgan fingerprint density at radius 2 is 1.17 bits per heavy atom. The van der Waals surface area contributed by atoms with Gasteiger partial charge in [-0.05, 0) is 61.5 Å². The maximum atomic E-state index is 5.75. The molecule has 3 aliphatic heterocycles. The first kappa shape index (κ1) is 15.4. The van der Waals surface area contributed by atoms with Crippen LogP contribution in [0.2, 0.25) is 0 Å². The van der Waals surface area contributed by atoms with Crippen LogP contribution in [0.5, 0.6) is 11.8 Å². The lowest BCUT2D eigenvalue weighted by Gasteiger charge is -2.37. The van der Waals surface area contributed by atoms with Gasteiger partial charge >= 0.3 is 0 Å². The Morgan fingerprint density at radius 3 is 1.54 bits per heavy atom. The van der Waals surface area contributed by atoms with Crippen LogP contribution in [0, 0.1) is 0 Å². The van der Waals surface area contributed by atoms with E-state index in [9.17, 15) is 0 Å². The summed E-state index contributed by atoms with van der Waals surface area (Å²) in [7, 11) is 0. The van der Waals surface area contributed by atoms with Crippen LogP contribution in [-0.2, 0) is 0 Å². The second-order valence-electron chi connectivity index (χ2n) is 6.76. The van der Waals surface area contributed by atoms with Crippen molar-refractivity contribution in [3.05, 3.63) is 47.8 Å². The predicted molar refractivity (Wildman–Crippen MR) is 92.6 cm³/mol. The number of hydrogen-bond acceptors (Lipinski definition) is 4. The van der Waals surface area contributed by atoms with Crippen LogP contribution in [0.25, 0.3) is 0 Å². The number of aromatic nitrogens is 2. The fraction of sp³-hybridized carbons (Fsp3) is 0.500. The molecule has 1 saturated carbocycles. The van der Waals surface area contributed by atoms with E-state index >= 15 is 0 Å². The van der Waals surface area contributed by atoms with E-state index in [2.05, 4.69) is 22.1 Å². The molecule has 4 nitrogen and oxygen atoms in total. The number of ether oxygens (including phenoxy) is 2. The summed E-state index contributed by atoms with van der Waals surface area (Å²) < 4.78 is 11.5. The van der Waals surface area contributed by atoms with Crippen LogP contribution in [0.1, 0.15) is 61.5 Å². The summed E-state index contributed by atoms with van der Waals surface area (Å²) in [4.78, 5) is 8.99. The predicted octanol–water partition coefficient (Wildman–Crippen LogP) is 4.47. The minimum atomic E-state index is 0.541. The second kappa shape index (κ2) is 7.20. The van der Waals surface area contributed by atoms with E-state index in [0.717, 1.165) is 50.7 Å². The molecule has 0 aromatic carbocycles. The third-order valence-corrected chi connectivity index (χ3v) is 5.19. The van der Waals surface area contributed by atoms with Gasteiger partial charge < -0.3 is 9.47 Å². The van der Waals surface area contributed by atoms with Gasteiger partial charge in [0, 0.05) is 24.5 Å². The Hall–Kier alpha value is -2.10. The molecule has 126 valence electrons. The summed E-state index contributed by atoms with van der Waals surface area (Å²) in [5.41, 5.74) is 2.61. The Labute approximate surface area is 143 Å². The Morgan fingerprint density at radius 1 is 0.667 bits per heavy atom. The van der Waals surface area contributed by atoms with Crippen molar-refractivity contribution in [2.75, 3.05) is 13.2 Å². The van der Waals surface area contributed by atoms with Gasteiger partial charge in [0.2, 0.25) is 11.8 Å². The molecule has 4 heteroatoms. The molecular weight excluding hydrogens is 300 g/mol. The zero-order valence-corrected chi connectivity index (χ0v) is 14.0. The number of pyridine rings is 2. The van der Waals surface area contributed by atoms with Gasteiger partial charge in [-0.15, -0.1) is 0 Å². The van der Waals surface area contributed by atoms with Gasteiger partial charge in [-0.1, -0.05) is 12.1 Å². The van der Waals surface area contributed by atoms with Crippen molar-refractivity contribution in [3.63, 3.8) is 0 Å². The van der Waals surface area contributed by atoms with Crippen molar-refractivity contribution in [2.24, 2.45) is 0 Å². The van der Waals surface area contributed by atoms with Crippen LogP contribution < -0.4 is 9.47 Å². The highest BCUT2D eigenvalue weighted by molar-refractivity contribution is 5.32. The van der Waals surface area contributed by atoms with Crippen molar-refractivity contribution in [1.29, 1.82) is 0 Å². The minimum Gasteiger partial charge on any atom is -0.478 e. The first-order valence-corrected chi connectivity index (χ1v) is 9.08. The summed E-state index contributed by atoms with van der Waals surface area (Å²) in [6.45, 7) is 1.48. The number of fused-ring (bicyclic) bond motifs is 2. The highest BCUT2D eigenvalue weighted by Gasteiger charge is 2.33. The van der Waals surface area contributed by atoms with E-state index in [-0.39, 0.29) is 0 Å². The van der Waals surface area contributed by atoms with Gasteiger partial charge in [0.1, 0.15) is 0 Å². The molecule has 2 unspecified atom stereocenters. The van der Waals surface area contributed by atoms with Crippen LogP contribution in [0.15, 0.2) is 36.7 Å². The normalized spacial score (nSPS) is 24.0. The van der Waals surface area contributed by atoms with Gasteiger partial charge in [0.05, 0.1) is 13.2 Å². The molecule has 0 radical (unpaired) electrons. The lowest BCUT2D eigenvalue weighted by atomic mass is 9.67. The SMILES string of the molecule is c1cc2ncc1C1CCC1c1ccc(nc1)OCCCCCCO2. The third-order valence-electron chi connectivity index (χ3n) is 5.19. The van der Waals surface area contributed by atoms with Crippen molar-refractivity contribution >= 4 is 0 Å². The third kappa shape index (κ3) is 3.37. The summed E-state index contributed by atoms with van der Waals surface area (Å²) in [6.07, 6.45) is 10.8. The van der Waals surface area contributed by atoms with Gasteiger partial charge in [-0.2, -0.15) is 0 Å². The topological polar surface area (TPSA) is 44.2 Å². The molecule has 0 N–H and O–H groups in total. The molecule has 2 aromatic heterocycles. The average Bonchev–Trinajstić information content (AvgIpc) is 2.58. The average molecular weight is 324 g/mol. The first-order valence-electron chi connectivity index (χ1n) is 9.08. The Bertz CT molecular complexity index is 595. The lowest BCUT2D eigenvalue weighted by molar-refractivity contribution is 0.275. The van der Waals surface area contributed by atoms with Crippen molar-refractivity contribution in [1.82, 2.24) is 9.97 Å². The molecular formula is C20H24N2O2. The number of nitrogens with zero attached hydrogens (tertiary/aromatic N) is 2. The van der Waals surface area contributed by atoms with Crippen molar-refractivity contribution in [2.45, 2.75) is 50.4 Å². The van der Waals surface area contributed by atoms with E-state index in [1.54, 1.807) is 0 Å². The van der Waals surface area contributed by atoms with Gasteiger partial charge in [0.15, 0.2) is 0 Å². The molecule has 2 aromatic rings. The van der Waals surface area contributed by atoms with E-state index in [1.807, 2.05) is 24.5 Å². The van der Waals surface area contributed by atoms with E-state index < -0.39 is 0 Å². The first-order chi connectivity index (χ1) is 11.9. The maximum Gasteiger partial charge on any atom is 0.213 e. The molecule has 0 saturated heterocycles. The standard InChI is InChI=1S/C20H24N2O2/c1-2-4-12-24-20-10-6-16(14-22-20)18-8-7-17(18)15-5-9-19(21-13-15)23-11-3-1/h5-6,9-10,13-14,17-18H,1-4,7-8,11-12H2. The number of rotatable bonds is 0. The van der Waals surface area contributed by atoms with Crippen LogP contribution in [0.3, 0.4) is 0 Å². The molecule has 1 fully saturated rings. The summed E-state index contributed by atoms with van der Waals surface area (Å²) in [5, 5.41) is 0. The molecule has 0 amide bonds. The quantitative estimate of drug-likeness (QED) is 0.717. The van der Waals surface area contributed by atoms with Crippen molar-refractivity contribution < 1.29 is 9.47 Å². The van der Waals surface area contributed by atoms with E-state index in [1.165, 1.54) is 24.0 Å². The zero-order valence-electron chi connectivity index (χ0n) is 14.0. The monoisotopic (exact) mass is 324 g/mol. The molecule has 24 heavy (non-hydrogen) atoms. The van der Waals surface area contributed by atoms with Gasteiger partial charge in [-0.3, -0.25) is 0 Å².